The average molecular weight is 268 g/mol. The quantitative estimate of drug-likeness (QED) is 0.790. The fourth-order valence-corrected chi connectivity index (χ4v) is 2.08. The summed E-state index contributed by atoms with van der Waals surface area (Å²) in [7, 11) is 0. The molecule has 3 aromatic rings. The van der Waals surface area contributed by atoms with Gasteiger partial charge >= 0.3 is 0 Å². The summed E-state index contributed by atoms with van der Waals surface area (Å²) in [5, 5.41) is 8.53. The van der Waals surface area contributed by atoms with E-state index in [2.05, 4.69) is 10.3 Å². The molecule has 0 bridgehead atoms. The molecule has 0 unspecified atom stereocenters. The normalized spacial score (nSPS) is 11.2. The zero-order valence-corrected chi connectivity index (χ0v) is 11.4. The second kappa shape index (κ2) is 4.85. The van der Waals surface area contributed by atoms with E-state index < -0.39 is 0 Å². The van der Waals surface area contributed by atoms with Crippen molar-refractivity contribution in [2.24, 2.45) is 0 Å². The summed E-state index contributed by atoms with van der Waals surface area (Å²) in [5.74, 6) is 1.34. The van der Waals surface area contributed by atoms with Gasteiger partial charge in [-0.3, -0.25) is 0 Å². The Balaban J connectivity index is 1.96. The van der Waals surface area contributed by atoms with Crippen molar-refractivity contribution in [2.45, 2.75) is 19.9 Å². The Morgan fingerprint density at radius 1 is 1.10 bits per heavy atom. The van der Waals surface area contributed by atoms with E-state index in [-0.39, 0.29) is 6.04 Å². The van der Waals surface area contributed by atoms with Crippen LogP contribution >= 0.6 is 0 Å². The van der Waals surface area contributed by atoms with Gasteiger partial charge in [-0.25, -0.2) is 4.68 Å². The number of nitrogens with zero attached hydrogens (tertiary/aromatic N) is 3. The van der Waals surface area contributed by atoms with Gasteiger partial charge in [0.05, 0.1) is 0 Å². The second-order valence-electron chi connectivity index (χ2n) is 4.94. The molecule has 102 valence electrons. The molecule has 0 fully saturated rings. The summed E-state index contributed by atoms with van der Waals surface area (Å²) in [5.41, 5.74) is 8.34. The first kappa shape index (κ1) is 12.5. The molecule has 0 radical (unpaired) electrons. The number of rotatable bonds is 3. The monoisotopic (exact) mass is 268 g/mol. The molecule has 0 amide bonds. The Morgan fingerprint density at radius 3 is 2.50 bits per heavy atom. The van der Waals surface area contributed by atoms with Gasteiger partial charge in [-0.15, -0.1) is 0 Å². The Bertz CT molecular complexity index is 713. The van der Waals surface area contributed by atoms with Crippen LogP contribution in [0, 0.1) is 0 Å². The minimum atomic E-state index is 0.212. The van der Waals surface area contributed by atoms with Crippen molar-refractivity contribution in [3.05, 3.63) is 42.5 Å². The topological polar surface area (TPSA) is 69.9 Å². The van der Waals surface area contributed by atoms with Crippen LogP contribution in [0.5, 0.6) is 0 Å². The Kier molecular flexibility index (Phi) is 3.02. The highest BCUT2D eigenvalue weighted by Crippen LogP contribution is 2.26. The van der Waals surface area contributed by atoms with Gasteiger partial charge in [0.2, 0.25) is 0 Å². The molecule has 20 heavy (non-hydrogen) atoms. The third-order valence-corrected chi connectivity index (χ3v) is 3.08. The maximum absolute atomic E-state index is 5.94. The number of anilines is 1. The van der Waals surface area contributed by atoms with Crippen molar-refractivity contribution in [1.82, 2.24) is 14.9 Å². The lowest BCUT2D eigenvalue weighted by Gasteiger charge is -2.06. The van der Waals surface area contributed by atoms with Gasteiger partial charge in [0.15, 0.2) is 5.76 Å². The molecule has 2 aromatic heterocycles. The maximum Gasteiger partial charge on any atom is 0.167 e. The molecule has 2 heterocycles. The van der Waals surface area contributed by atoms with Crippen LogP contribution in [0.3, 0.4) is 0 Å². The van der Waals surface area contributed by atoms with Gasteiger partial charge in [-0.05, 0) is 13.8 Å². The minimum absolute atomic E-state index is 0.212. The van der Waals surface area contributed by atoms with E-state index in [1.165, 1.54) is 0 Å². The number of aromatic nitrogens is 3. The van der Waals surface area contributed by atoms with E-state index in [0.29, 0.717) is 11.5 Å². The van der Waals surface area contributed by atoms with Crippen LogP contribution in [0.15, 0.2) is 47.0 Å². The third kappa shape index (κ3) is 2.18. The predicted molar refractivity (Wildman–Crippen MR) is 78.0 cm³/mol. The number of hydrogen-bond acceptors (Lipinski definition) is 4. The number of hydrogen-bond donors (Lipinski definition) is 1. The van der Waals surface area contributed by atoms with E-state index in [1.54, 1.807) is 4.68 Å². The minimum Gasteiger partial charge on any atom is -0.384 e. The molecule has 5 nitrogen and oxygen atoms in total. The van der Waals surface area contributed by atoms with Crippen LogP contribution in [0.2, 0.25) is 0 Å². The van der Waals surface area contributed by atoms with Gasteiger partial charge in [0, 0.05) is 23.7 Å². The van der Waals surface area contributed by atoms with Crippen LogP contribution in [0.1, 0.15) is 19.9 Å². The molecule has 0 aliphatic heterocycles. The highest BCUT2D eigenvalue weighted by molar-refractivity contribution is 5.65. The van der Waals surface area contributed by atoms with Crippen molar-refractivity contribution < 1.29 is 4.52 Å². The average Bonchev–Trinajstić information content (AvgIpc) is 3.06. The highest BCUT2D eigenvalue weighted by atomic mass is 16.5. The molecular weight excluding hydrogens is 252 g/mol. The van der Waals surface area contributed by atoms with Gasteiger partial charge in [0.1, 0.15) is 17.2 Å². The smallest absolute Gasteiger partial charge is 0.167 e. The SMILES string of the molecule is CC(C)n1nc(-c2cc(-c3ccccc3)on2)cc1N. The van der Waals surface area contributed by atoms with E-state index in [4.69, 9.17) is 10.3 Å². The van der Waals surface area contributed by atoms with Crippen molar-refractivity contribution in [3.8, 4) is 22.7 Å². The Morgan fingerprint density at radius 2 is 1.85 bits per heavy atom. The molecule has 2 N–H and O–H groups in total. The van der Waals surface area contributed by atoms with Crippen molar-refractivity contribution in [3.63, 3.8) is 0 Å². The summed E-state index contributed by atoms with van der Waals surface area (Å²) in [6.07, 6.45) is 0. The standard InChI is InChI=1S/C15H16N4O/c1-10(2)19-15(16)9-12(17-19)13-8-14(20-18-13)11-6-4-3-5-7-11/h3-10H,16H2,1-2H3. The summed E-state index contributed by atoms with van der Waals surface area (Å²) < 4.78 is 7.14. The summed E-state index contributed by atoms with van der Waals surface area (Å²) >= 11 is 0. The molecule has 0 aliphatic carbocycles. The van der Waals surface area contributed by atoms with E-state index in [1.807, 2.05) is 56.3 Å². The number of nitrogen functional groups attached to an aromatic ring is 1. The van der Waals surface area contributed by atoms with Crippen molar-refractivity contribution in [2.75, 3.05) is 5.73 Å². The lowest BCUT2D eigenvalue weighted by atomic mass is 10.1. The molecular formula is C15H16N4O. The van der Waals surface area contributed by atoms with Gasteiger partial charge in [-0.1, -0.05) is 35.5 Å². The zero-order valence-electron chi connectivity index (χ0n) is 11.4. The first-order valence-electron chi connectivity index (χ1n) is 6.52. The van der Waals surface area contributed by atoms with Gasteiger partial charge in [-0.2, -0.15) is 5.10 Å². The first-order chi connectivity index (χ1) is 9.65. The fourth-order valence-electron chi connectivity index (χ4n) is 2.08. The largest absolute Gasteiger partial charge is 0.384 e. The van der Waals surface area contributed by atoms with Gasteiger partial charge in [0.25, 0.3) is 0 Å². The van der Waals surface area contributed by atoms with E-state index >= 15 is 0 Å². The lowest BCUT2D eigenvalue weighted by Crippen LogP contribution is -2.06. The van der Waals surface area contributed by atoms with Crippen LogP contribution in [-0.4, -0.2) is 14.9 Å². The molecule has 0 spiro atoms. The maximum atomic E-state index is 5.94. The lowest BCUT2D eigenvalue weighted by molar-refractivity contribution is 0.434. The summed E-state index contributed by atoms with van der Waals surface area (Å²) in [4.78, 5) is 0. The van der Waals surface area contributed by atoms with Crippen LogP contribution < -0.4 is 5.73 Å². The molecule has 0 aliphatic rings. The molecule has 3 rings (SSSR count). The number of benzene rings is 1. The van der Waals surface area contributed by atoms with E-state index in [0.717, 1.165) is 17.0 Å². The Hall–Kier alpha value is -2.56. The second-order valence-corrected chi connectivity index (χ2v) is 4.94. The van der Waals surface area contributed by atoms with E-state index in [9.17, 15) is 0 Å². The van der Waals surface area contributed by atoms with Crippen molar-refractivity contribution >= 4 is 5.82 Å². The molecule has 0 saturated heterocycles. The van der Waals surface area contributed by atoms with Crippen molar-refractivity contribution in [1.29, 1.82) is 0 Å². The van der Waals surface area contributed by atoms with Crippen LogP contribution in [0.25, 0.3) is 22.7 Å². The fraction of sp³-hybridized carbons (Fsp3) is 0.200. The first-order valence-corrected chi connectivity index (χ1v) is 6.52. The summed E-state index contributed by atoms with van der Waals surface area (Å²) in [6.45, 7) is 4.07. The van der Waals surface area contributed by atoms with Crippen LogP contribution in [0.4, 0.5) is 5.82 Å². The third-order valence-electron chi connectivity index (χ3n) is 3.08. The molecule has 0 atom stereocenters. The molecule has 5 heteroatoms. The highest BCUT2D eigenvalue weighted by Gasteiger charge is 2.14. The molecule has 1 aromatic carbocycles. The van der Waals surface area contributed by atoms with Crippen LogP contribution in [-0.2, 0) is 0 Å². The number of nitrogens with two attached hydrogens (primary N) is 1. The predicted octanol–water partition coefficient (Wildman–Crippen LogP) is 3.37. The van der Waals surface area contributed by atoms with Gasteiger partial charge < -0.3 is 10.3 Å². The molecule has 0 saturated carbocycles. The zero-order chi connectivity index (χ0) is 14.1. The summed E-state index contributed by atoms with van der Waals surface area (Å²) in [6, 6.07) is 13.7. The Labute approximate surface area is 117 Å².